The fourth-order valence-corrected chi connectivity index (χ4v) is 6.33. The van der Waals surface area contributed by atoms with Gasteiger partial charge in [0.15, 0.2) is 11.6 Å². The summed E-state index contributed by atoms with van der Waals surface area (Å²) in [5.74, 6) is 1.89. The van der Waals surface area contributed by atoms with Crippen LogP contribution in [0.1, 0.15) is 77.0 Å². The third kappa shape index (κ3) is 6.17. The van der Waals surface area contributed by atoms with E-state index in [0.717, 1.165) is 41.7 Å². The molecule has 0 aliphatic carbocycles. The number of hydrogen-bond acceptors (Lipinski definition) is 6. The van der Waals surface area contributed by atoms with Crippen molar-refractivity contribution < 1.29 is 9.84 Å². The van der Waals surface area contributed by atoms with Crippen LogP contribution >= 0.6 is 11.8 Å². The Bertz CT molecular complexity index is 1180. The summed E-state index contributed by atoms with van der Waals surface area (Å²) >= 11 is 1.68. The molecule has 2 N–H and O–H groups in total. The molecule has 3 heterocycles. The van der Waals surface area contributed by atoms with E-state index in [-0.39, 0.29) is 11.9 Å². The van der Waals surface area contributed by atoms with Crippen LogP contribution in [0.5, 0.6) is 5.75 Å². The molecule has 2 aromatic rings. The third-order valence-electron chi connectivity index (χ3n) is 7.23. The maximum Gasteiger partial charge on any atom is 0.173 e. The molecule has 0 radical (unpaired) electrons. The Morgan fingerprint density at radius 3 is 2.59 bits per heavy atom. The van der Waals surface area contributed by atoms with E-state index in [2.05, 4.69) is 62.9 Å². The van der Waals surface area contributed by atoms with E-state index in [1.165, 1.54) is 29.5 Å². The largest absolute Gasteiger partial charge is 0.504 e. The topological polar surface area (TPSA) is 74.9 Å². The lowest BCUT2D eigenvalue weighted by Gasteiger charge is -2.36. The molecule has 0 saturated carbocycles. The van der Waals surface area contributed by atoms with Crippen molar-refractivity contribution in [2.45, 2.75) is 96.1 Å². The van der Waals surface area contributed by atoms with Gasteiger partial charge in [0, 0.05) is 36.5 Å². The normalized spacial score (nSPS) is 19.6. The maximum absolute atomic E-state index is 10.8. The molecule has 0 spiro atoms. The first-order valence-corrected chi connectivity index (χ1v) is 14.4. The van der Waals surface area contributed by atoms with Gasteiger partial charge in [0.1, 0.15) is 22.6 Å². The van der Waals surface area contributed by atoms with Gasteiger partial charge < -0.3 is 20.1 Å². The third-order valence-corrected chi connectivity index (χ3v) is 8.23. The van der Waals surface area contributed by atoms with Crippen LogP contribution < -0.4 is 10.1 Å². The van der Waals surface area contributed by atoms with Gasteiger partial charge in [-0.3, -0.25) is 4.68 Å². The molecule has 1 atom stereocenters. The number of anilines is 1. The van der Waals surface area contributed by atoms with Gasteiger partial charge in [0.05, 0.1) is 5.69 Å². The van der Waals surface area contributed by atoms with Crippen LogP contribution in [0.4, 0.5) is 11.4 Å². The van der Waals surface area contributed by atoms with Crippen LogP contribution in [0.3, 0.4) is 0 Å². The molecule has 2 aliphatic rings. The number of nitrogens with one attached hydrogen (secondary N) is 1. The maximum atomic E-state index is 10.8. The molecule has 202 valence electrons. The van der Waals surface area contributed by atoms with Crippen LogP contribution in [0.15, 0.2) is 34.1 Å². The second-order valence-corrected chi connectivity index (χ2v) is 12.5. The van der Waals surface area contributed by atoms with Crippen molar-refractivity contribution in [2.75, 3.05) is 18.4 Å². The smallest absolute Gasteiger partial charge is 0.173 e. The van der Waals surface area contributed by atoms with Crippen LogP contribution in [0, 0.1) is 6.92 Å². The van der Waals surface area contributed by atoms with E-state index in [9.17, 15) is 5.11 Å². The monoisotopic (exact) mass is 525 g/mol. The molecular weight excluding hydrogens is 482 g/mol. The van der Waals surface area contributed by atoms with E-state index in [0.29, 0.717) is 23.0 Å². The minimum Gasteiger partial charge on any atom is -0.504 e. The average molecular weight is 526 g/mol. The fraction of sp³-hybridized carbons (Fsp3) is 0.586. The number of allylic oxidation sites excluding steroid dienone is 1. The molecular formula is C29H43N5O2S. The Hall–Kier alpha value is -2.45. The lowest BCUT2D eigenvalue weighted by atomic mass is 9.82. The van der Waals surface area contributed by atoms with Gasteiger partial charge >= 0.3 is 0 Å². The number of ether oxygens (including phenoxy) is 1. The van der Waals surface area contributed by atoms with Crippen molar-refractivity contribution in [2.24, 2.45) is 12.0 Å². The zero-order valence-electron chi connectivity index (χ0n) is 23.6. The number of thioether (sulfide) groups is 1. The molecule has 1 saturated heterocycles. The predicted molar refractivity (Wildman–Crippen MR) is 155 cm³/mol. The summed E-state index contributed by atoms with van der Waals surface area (Å²) in [5, 5.41) is 20.0. The standard InChI is InChI=1S/C29H43N5O2S/c1-9-25(35)28(31-24-16-33(8)32-29(24)37-18(4)5)30-23-14-19(6)26(22-15-20(7)36-27(22)23)21-10-12-34(13-11-21)17(2)3/h9,14,16-18,20-21,35H,10-13,15H2,1-8H3,(H,30,31)/b25-9+/t20-/m1/s1. The quantitative estimate of drug-likeness (QED) is 0.180. The molecule has 0 unspecified atom stereocenters. The minimum absolute atomic E-state index is 0.0898. The SMILES string of the molecule is C/C=C(/O)C(=Nc1cc(C)c(C2CCN(C(C)C)CC2)c2c1O[C@H](C)C2)Nc1cn(C)nc1SC(C)C. The highest BCUT2D eigenvalue weighted by Gasteiger charge is 2.32. The number of hydrogen-bond donors (Lipinski definition) is 2. The predicted octanol–water partition coefficient (Wildman–Crippen LogP) is 6.74. The van der Waals surface area contributed by atoms with Crippen molar-refractivity contribution in [3.63, 3.8) is 0 Å². The van der Waals surface area contributed by atoms with Gasteiger partial charge in [-0.1, -0.05) is 25.6 Å². The number of aryl methyl sites for hydroxylation is 2. The molecule has 0 amide bonds. The highest BCUT2D eigenvalue weighted by Crippen LogP contribution is 2.46. The first-order valence-electron chi connectivity index (χ1n) is 13.6. The number of benzene rings is 1. The Morgan fingerprint density at radius 1 is 1.27 bits per heavy atom. The molecule has 1 fully saturated rings. The summed E-state index contributed by atoms with van der Waals surface area (Å²) in [7, 11) is 1.90. The van der Waals surface area contributed by atoms with Crippen molar-refractivity contribution in [1.29, 1.82) is 0 Å². The number of amidine groups is 1. The van der Waals surface area contributed by atoms with Crippen LogP contribution in [-0.4, -0.2) is 56.1 Å². The summed E-state index contributed by atoms with van der Waals surface area (Å²) in [4.78, 5) is 7.53. The number of aromatic nitrogens is 2. The molecule has 2 aliphatic heterocycles. The molecule has 8 heteroatoms. The number of rotatable bonds is 7. The highest BCUT2D eigenvalue weighted by molar-refractivity contribution is 8.00. The molecule has 0 bridgehead atoms. The first kappa shape index (κ1) is 27.6. The highest BCUT2D eigenvalue weighted by atomic mass is 32.2. The average Bonchev–Trinajstić information content (AvgIpc) is 3.39. The Balaban J connectivity index is 1.72. The van der Waals surface area contributed by atoms with E-state index >= 15 is 0 Å². The van der Waals surface area contributed by atoms with E-state index < -0.39 is 0 Å². The van der Waals surface area contributed by atoms with Crippen molar-refractivity contribution in [1.82, 2.24) is 14.7 Å². The molecule has 1 aromatic heterocycles. The molecule has 7 nitrogen and oxygen atoms in total. The number of aliphatic hydroxyl groups is 1. The van der Waals surface area contributed by atoms with Gasteiger partial charge in [0.25, 0.3) is 0 Å². The molecule has 4 rings (SSSR count). The Labute approximate surface area is 226 Å². The van der Waals surface area contributed by atoms with Gasteiger partial charge in [-0.25, -0.2) is 4.99 Å². The van der Waals surface area contributed by atoms with Crippen molar-refractivity contribution in [3.05, 3.63) is 40.8 Å². The van der Waals surface area contributed by atoms with Gasteiger partial charge in [-0.05, 0) is 89.7 Å². The lowest BCUT2D eigenvalue weighted by molar-refractivity contribution is 0.171. The molecule has 1 aromatic carbocycles. The Morgan fingerprint density at radius 2 is 1.97 bits per heavy atom. The van der Waals surface area contributed by atoms with E-state index in [4.69, 9.17) is 9.73 Å². The lowest BCUT2D eigenvalue weighted by Crippen LogP contribution is -2.38. The zero-order chi connectivity index (χ0) is 26.9. The van der Waals surface area contributed by atoms with Crippen molar-refractivity contribution >= 4 is 29.0 Å². The van der Waals surface area contributed by atoms with Gasteiger partial charge in [0.2, 0.25) is 0 Å². The van der Waals surface area contributed by atoms with Crippen LogP contribution in [0.2, 0.25) is 0 Å². The molecule has 37 heavy (non-hydrogen) atoms. The number of aliphatic imine (C=N–C) groups is 1. The van der Waals surface area contributed by atoms with Crippen molar-refractivity contribution in [3.8, 4) is 5.75 Å². The van der Waals surface area contributed by atoms with Gasteiger partial charge in [-0.15, -0.1) is 0 Å². The second kappa shape index (κ2) is 11.5. The van der Waals surface area contributed by atoms with E-state index in [1.807, 2.05) is 13.2 Å². The zero-order valence-corrected chi connectivity index (χ0v) is 24.4. The summed E-state index contributed by atoms with van der Waals surface area (Å²) < 4.78 is 8.14. The summed E-state index contributed by atoms with van der Waals surface area (Å²) in [6.45, 7) is 17.3. The van der Waals surface area contributed by atoms with Crippen LogP contribution in [0.25, 0.3) is 0 Å². The van der Waals surface area contributed by atoms with Gasteiger partial charge in [-0.2, -0.15) is 5.10 Å². The Kier molecular flexibility index (Phi) is 8.59. The number of nitrogens with zero attached hydrogens (tertiary/aromatic N) is 4. The summed E-state index contributed by atoms with van der Waals surface area (Å²) in [5.41, 5.74) is 5.60. The number of likely N-dealkylation sites (tertiary alicyclic amines) is 1. The first-order chi connectivity index (χ1) is 17.6. The summed E-state index contributed by atoms with van der Waals surface area (Å²) in [6, 6.07) is 2.73. The number of aliphatic hydroxyl groups excluding tert-OH is 1. The number of piperidine rings is 1. The second-order valence-electron chi connectivity index (χ2n) is 10.9. The fourth-order valence-electron chi connectivity index (χ4n) is 5.48. The van der Waals surface area contributed by atoms with Crippen LogP contribution in [-0.2, 0) is 13.5 Å². The van der Waals surface area contributed by atoms with E-state index in [1.54, 1.807) is 29.4 Å². The number of fused-ring (bicyclic) bond motifs is 1. The minimum atomic E-state index is 0.0898. The summed E-state index contributed by atoms with van der Waals surface area (Å²) in [6.07, 6.45) is 6.93.